The summed E-state index contributed by atoms with van der Waals surface area (Å²) >= 11 is 7.30. The van der Waals surface area contributed by atoms with E-state index >= 15 is 0 Å². The number of rotatable bonds is 6. The van der Waals surface area contributed by atoms with Crippen molar-refractivity contribution >= 4 is 46.4 Å². The van der Waals surface area contributed by atoms with Gasteiger partial charge in [0.2, 0.25) is 5.91 Å². The molecule has 134 valence electrons. The second-order valence-electron chi connectivity index (χ2n) is 6.14. The first-order chi connectivity index (χ1) is 12.5. The van der Waals surface area contributed by atoms with Crippen molar-refractivity contribution in [3.63, 3.8) is 0 Å². The van der Waals surface area contributed by atoms with E-state index in [-0.39, 0.29) is 5.91 Å². The van der Waals surface area contributed by atoms with E-state index in [1.54, 1.807) is 6.21 Å². The summed E-state index contributed by atoms with van der Waals surface area (Å²) in [7, 11) is 0. The molecule has 0 aliphatic rings. The summed E-state index contributed by atoms with van der Waals surface area (Å²) in [4.78, 5) is 13.0. The Hall–Kier alpha value is -2.24. The zero-order valence-electron chi connectivity index (χ0n) is 14.6. The Balaban J connectivity index is 1.62. The summed E-state index contributed by atoms with van der Waals surface area (Å²) in [6.45, 7) is 4.28. The summed E-state index contributed by atoms with van der Waals surface area (Å²) in [6, 6.07) is 15.9. The maximum atomic E-state index is 12.0. The van der Waals surface area contributed by atoms with E-state index in [4.69, 9.17) is 11.6 Å². The second kappa shape index (κ2) is 8.43. The molecule has 26 heavy (non-hydrogen) atoms. The number of hydrogen-bond donors (Lipinski definition) is 1. The van der Waals surface area contributed by atoms with Crippen LogP contribution in [0.2, 0.25) is 5.02 Å². The van der Waals surface area contributed by atoms with E-state index in [0.29, 0.717) is 16.8 Å². The summed E-state index contributed by atoms with van der Waals surface area (Å²) < 4.78 is 2.20. The fraction of sp³-hybridized carbons (Fsp3) is 0.200. The predicted molar refractivity (Wildman–Crippen MR) is 110 cm³/mol. The number of hydrogen-bond acceptors (Lipinski definition) is 3. The number of benzene rings is 2. The average molecular weight is 386 g/mol. The number of carbonyl (C=O) groups excluding carboxylic acids is 1. The molecule has 1 aromatic heterocycles. The second-order valence-corrected chi connectivity index (χ2v) is 7.62. The van der Waals surface area contributed by atoms with Gasteiger partial charge in [0.1, 0.15) is 0 Å². The minimum Gasteiger partial charge on any atom is -0.344 e. The maximum Gasteiger partial charge on any atom is 0.250 e. The molecule has 1 N–H and O–H groups in total. The number of halogens is 1. The number of nitrogens with one attached hydrogen (secondary N) is 1. The van der Waals surface area contributed by atoms with Crippen molar-refractivity contribution in [2.45, 2.75) is 24.8 Å². The molecule has 2 aromatic carbocycles. The molecule has 4 nitrogen and oxygen atoms in total. The van der Waals surface area contributed by atoms with E-state index in [9.17, 15) is 4.79 Å². The highest BCUT2D eigenvalue weighted by Crippen LogP contribution is 2.23. The molecule has 3 rings (SSSR count). The third kappa shape index (κ3) is 4.48. The fourth-order valence-corrected chi connectivity index (χ4v) is 3.46. The van der Waals surface area contributed by atoms with Gasteiger partial charge in [0.05, 0.1) is 12.0 Å². The van der Waals surface area contributed by atoms with Gasteiger partial charge in [-0.05, 0) is 44.2 Å². The SMILES string of the molecule is CC(C)n1cc(/C=N\NC(=O)CSc2ccc(Cl)cc2)c2ccccc21. The van der Waals surface area contributed by atoms with Crippen LogP contribution in [0.1, 0.15) is 25.5 Å². The minimum absolute atomic E-state index is 0.145. The van der Waals surface area contributed by atoms with Crippen LogP contribution in [0.3, 0.4) is 0 Å². The van der Waals surface area contributed by atoms with Crippen LogP contribution >= 0.6 is 23.4 Å². The molecule has 0 aliphatic carbocycles. The molecule has 0 bridgehead atoms. The van der Waals surface area contributed by atoms with E-state index in [0.717, 1.165) is 21.4 Å². The topological polar surface area (TPSA) is 46.4 Å². The number of carbonyl (C=O) groups is 1. The molecule has 1 amide bonds. The smallest absolute Gasteiger partial charge is 0.250 e. The van der Waals surface area contributed by atoms with Crippen molar-refractivity contribution in [2.75, 3.05) is 5.75 Å². The molecule has 6 heteroatoms. The van der Waals surface area contributed by atoms with Crippen LogP contribution in [0.4, 0.5) is 0 Å². The summed E-state index contributed by atoms with van der Waals surface area (Å²) in [5.74, 6) is 0.154. The van der Waals surface area contributed by atoms with E-state index in [2.05, 4.69) is 47.3 Å². The molecular formula is C20H20ClN3OS. The Morgan fingerprint density at radius 2 is 1.96 bits per heavy atom. The lowest BCUT2D eigenvalue weighted by molar-refractivity contribution is -0.118. The Bertz CT molecular complexity index is 932. The van der Waals surface area contributed by atoms with Crippen LogP contribution in [0.25, 0.3) is 10.9 Å². The highest BCUT2D eigenvalue weighted by atomic mass is 35.5. The number of para-hydroxylation sites is 1. The number of amides is 1. The van der Waals surface area contributed by atoms with Gasteiger partial charge in [0.25, 0.3) is 0 Å². The first-order valence-corrected chi connectivity index (χ1v) is 9.71. The molecule has 3 aromatic rings. The van der Waals surface area contributed by atoms with Crippen molar-refractivity contribution in [3.8, 4) is 0 Å². The van der Waals surface area contributed by atoms with E-state index in [1.165, 1.54) is 11.8 Å². The number of hydrazone groups is 1. The summed E-state index contributed by atoms with van der Waals surface area (Å²) in [6.07, 6.45) is 3.76. The maximum absolute atomic E-state index is 12.0. The highest BCUT2D eigenvalue weighted by molar-refractivity contribution is 8.00. The quantitative estimate of drug-likeness (QED) is 0.363. The average Bonchev–Trinajstić information content (AvgIpc) is 3.00. The van der Waals surface area contributed by atoms with Crippen molar-refractivity contribution in [3.05, 3.63) is 65.3 Å². The number of nitrogens with zero attached hydrogens (tertiary/aromatic N) is 2. The lowest BCUT2D eigenvalue weighted by atomic mass is 10.2. The molecule has 0 unspecified atom stereocenters. The van der Waals surface area contributed by atoms with Crippen LogP contribution in [-0.4, -0.2) is 22.4 Å². The zero-order chi connectivity index (χ0) is 18.5. The van der Waals surface area contributed by atoms with Crippen molar-refractivity contribution < 1.29 is 4.79 Å². The fourth-order valence-electron chi connectivity index (χ4n) is 2.65. The molecule has 1 heterocycles. The third-order valence-electron chi connectivity index (χ3n) is 3.90. The van der Waals surface area contributed by atoms with Gasteiger partial charge < -0.3 is 4.57 Å². The van der Waals surface area contributed by atoms with Gasteiger partial charge in [-0.2, -0.15) is 5.10 Å². The highest BCUT2D eigenvalue weighted by Gasteiger charge is 2.08. The summed E-state index contributed by atoms with van der Waals surface area (Å²) in [5.41, 5.74) is 4.74. The van der Waals surface area contributed by atoms with Gasteiger partial charge in [0.15, 0.2) is 0 Å². The molecule has 0 spiro atoms. The Labute approximate surface area is 162 Å². The largest absolute Gasteiger partial charge is 0.344 e. The van der Waals surface area contributed by atoms with E-state index in [1.807, 2.05) is 36.4 Å². The van der Waals surface area contributed by atoms with Crippen molar-refractivity contribution in [1.29, 1.82) is 0 Å². The lowest BCUT2D eigenvalue weighted by Gasteiger charge is -2.08. The Morgan fingerprint density at radius 1 is 1.23 bits per heavy atom. The number of fused-ring (bicyclic) bond motifs is 1. The monoisotopic (exact) mass is 385 g/mol. The number of thioether (sulfide) groups is 1. The van der Waals surface area contributed by atoms with Gasteiger partial charge in [-0.3, -0.25) is 4.79 Å². The van der Waals surface area contributed by atoms with Crippen LogP contribution in [0.15, 0.2) is 64.7 Å². The molecular weight excluding hydrogens is 366 g/mol. The van der Waals surface area contributed by atoms with E-state index < -0.39 is 0 Å². The van der Waals surface area contributed by atoms with Gasteiger partial charge in [-0.25, -0.2) is 5.43 Å². The summed E-state index contributed by atoms with van der Waals surface area (Å²) in [5, 5.41) is 5.92. The zero-order valence-corrected chi connectivity index (χ0v) is 16.2. The molecule has 0 radical (unpaired) electrons. The molecule has 0 fully saturated rings. The molecule has 0 atom stereocenters. The molecule has 0 saturated heterocycles. The van der Waals surface area contributed by atoms with Gasteiger partial charge in [-0.15, -0.1) is 11.8 Å². The van der Waals surface area contributed by atoms with Crippen molar-refractivity contribution in [2.24, 2.45) is 5.10 Å². The van der Waals surface area contributed by atoms with Crippen LogP contribution in [0, 0.1) is 0 Å². The normalized spacial score (nSPS) is 11.5. The first-order valence-electron chi connectivity index (χ1n) is 8.34. The predicted octanol–water partition coefficient (Wildman–Crippen LogP) is 5.12. The van der Waals surface area contributed by atoms with Crippen LogP contribution < -0.4 is 5.43 Å². The standard InChI is InChI=1S/C20H20ClN3OS/c1-14(2)24-12-15(18-5-3-4-6-19(18)24)11-22-23-20(25)13-26-17-9-7-16(21)8-10-17/h3-12,14H,13H2,1-2H3,(H,23,25)/b22-11-. The van der Waals surface area contributed by atoms with Crippen LogP contribution in [-0.2, 0) is 4.79 Å². The first kappa shape index (κ1) is 18.5. The Morgan fingerprint density at radius 3 is 2.69 bits per heavy atom. The van der Waals surface area contributed by atoms with Crippen molar-refractivity contribution in [1.82, 2.24) is 9.99 Å². The van der Waals surface area contributed by atoms with Crippen LogP contribution in [0.5, 0.6) is 0 Å². The third-order valence-corrected chi connectivity index (χ3v) is 5.17. The van der Waals surface area contributed by atoms with Gasteiger partial charge in [-0.1, -0.05) is 29.8 Å². The number of aromatic nitrogens is 1. The van der Waals surface area contributed by atoms with Gasteiger partial charge >= 0.3 is 0 Å². The molecule has 0 aliphatic heterocycles. The molecule has 0 saturated carbocycles. The minimum atomic E-state index is -0.145. The lowest BCUT2D eigenvalue weighted by Crippen LogP contribution is -2.19. The van der Waals surface area contributed by atoms with Gasteiger partial charge in [0, 0.05) is 38.6 Å². The Kier molecular flexibility index (Phi) is 6.01.